The van der Waals surface area contributed by atoms with Crippen molar-refractivity contribution in [2.75, 3.05) is 7.11 Å². The molecule has 31 heavy (non-hydrogen) atoms. The Morgan fingerprint density at radius 2 is 1.77 bits per heavy atom. The van der Waals surface area contributed by atoms with Crippen molar-refractivity contribution in [2.24, 2.45) is 0 Å². The maximum Gasteiger partial charge on any atom is 0.277 e. The number of benzene rings is 2. The number of carbonyl (C=O) groups is 1. The summed E-state index contributed by atoms with van der Waals surface area (Å²) in [6, 6.07) is 19.4. The molecule has 2 heterocycles. The monoisotopic (exact) mass is 433 g/mol. The van der Waals surface area contributed by atoms with Gasteiger partial charge in [0.05, 0.1) is 17.9 Å². The molecule has 158 valence electrons. The van der Waals surface area contributed by atoms with Crippen LogP contribution in [0.5, 0.6) is 5.75 Å². The van der Waals surface area contributed by atoms with Gasteiger partial charge < -0.3 is 13.7 Å². The lowest BCUT2D eigenvalue weighted by Crippen LogP contribution is -2.14. The van der Waals surface area contributed by atoms with Crippen LogP contribution < -0.4 is 4.74 Å². The molecule has 0 saturated carbocycles. The van der Waals surface area contributed by atoms with Crippen molar-refractivity contribution in [3.63, 3.8) is 0 Å². The standard InChI is InChI=1S/C24H23N3O3S/c1-15-14-20(16(2)27(15)18-10-6-5-7-11-18)22(28)17(3)31-24-26-25-23(30-24)19-12-8-9-13-21(19)29-4/h5-14,17H,1-4H3/t17-/m0/s1. The van der Waals surface area contributed by atoms with E-state index in [9.17, 15) is 4.79 Å². The quantitative estimate of drug-likeness (QED) is 0.282. The van der Waals surface area contributed by atoms with Crippen molar-refractivity contribution in [2.45, 2.75) is 31.2 Å². The first kappa shape index (κ1) is 20.9. The lowest BCUT2D eigenvalue weighted by atomic mass is 10.1. The van der Waals surface area contributed by atoms with Crippen LogP contribution in [0.1, 0.15) is 28.7 Å². The summed E-state index contributed by atoms with van der Waals surface area (Å²) in [5.41, 5.74) is 4.39. The number of methoxy groups -OCH3 is 1. The van der Waals surface area contributed by atoms with E-state index < -0.39 is 0 Å². The normalized spacial score (nSPS) is 12.0. The highest BCUT2D eigenvalue weighted by molar-refractivity contribution is 8.00. The van der Waals surface area contributed by atoms with Crippen LogP contribution in [0.25, 0.3) is 17.1 Å². The Hall–Kier alpha value is -3.32. The highest BCUT2D eigenvalue weighted by Crippen LogP contribution is 2.33. The number of hydrogen-bond acceptors (Lipinski definition) is 6. The second-order valence-corrected chi connectivity index (χ2v) is 8.45. The van der Waals surface area contributed by atoms with Crippen LogP contribution in [0.3, 0.4) is 0 Å². The molecule has 0 unspecified atom stereocenters. The van der Waals surface area contributed by atoms with E-state index in [1.54, 1.807) is 7.11 Å². The minimum atomic E-state index is -0.379. The van der Waals surface area contributed by atoms with Crippen molar-refractivity contribution >= 4 is 17.5 Å². The first-order valence-corrected chi connectivity index (χ1v) is 10.8. The van der Waals surface area contributed by atoms with Crippen LogP contribution in [0.2, 0.25) is 0 Å². The van der Waals surface area contributed by atoms with Crippen molar-refractivity contribution in [1.29, 1.82) is 0 Å². The molecule has 4 rings (SSSR count). The van der Waals surface area contributed by atoms with Crippen molar-refractivity contribution in [1.82, 2.24) is 14.8 Å². The Morgan fingerprint density at radius 3 is 2.52 bits per heavy atom. The maximum absolute atomic E-state index is 13.2. The van der Waals surface area contributed by atoms with Crippen LogP contribution in [0.4, 0.5) is 0 Å². The number of ketones is 1. The number of thioether (sulfide) groups is 1. The summed E-state index contributed by atoms with van der Waals surface area (Å²) in [5.74, 6) is 1.04. The van der Waals surface area contributed by atoms with Gasteiger partial charge in [0, 0.05) is 22.6 Å². The van der Waals surface area contributed by atoms with Crippen LogP contribution in [0, 0.1) is 13.8 Å². The van der Waals surface area contributed by atoms with E-state index >= 15 is 0 Å². The summed E-state index contributed by atoms with van der Waals surface area (Å²) in [6.45, 7) is 5.83. The summed E-state index contributed by atoms with van der Waals surface area (Å²) in [6.07, 6.45) is 0. The van der Waals surface area contributed by atoms with E-state index in [0.717, 1.165) is 22.6 Å². The Bertz CT molecular complexity index is 1210. The topological polar surface area (TPSA) is 70.2 Å². The molecule has 2 aromatic heterocycles. The molecule has 1 atom stereocenters. The number of para-hydroxylation sites is 2. The van der Waals surface area contributed by atoms with Gasteiger partial charge in [-0.15, -0.1) is 10.2 Å². The molecule has 0 aliphatic heterocycles. The van der Waals surface area contributed by atoms with Crippen molar-refractivity contribution < 1.29 is 13.9 Å². The predicted molar refractivity (Wildman–Crippen MR) is 121 cm³/mol. The molecule has 0 radical (unpaired) electrons. The molecule has 2 aromatic carbocycles. The third-order valence-corrected chi connectivity index (χ3v) is 6.04. The Balaban J connectivity index is 1.55. The number of ether oxygens (including phenoxy) is 1. The number of carbonyl (C=O) groups excluding carboxylic acids is 1. The molecule has 0 bridgehead atoms. The summed E-state index contributed by atoms with van der Waals surface area (Å²) >= 11 is 1.26. The molecule has 0 N–H and O–H groups in total. The summed E-state index contributed by atoms with van der Waals surface area (Å²) in [4.78, 5) is 13.2. The van der Waals surface area contributed by atoms with E-state index in [4.69, 9.17) is 9.15 Å². The lowest BCUT2D eigenvalue weighted by molar-refractivity contribution is 0.0993. The number of aryl methyl sites for hydroxylation is 1. The second kappa shape index (κ2) is 8.81. The minimum Gasteiger partial charge on any atom is -0.496 e. The van der Waals surface area contributed by atoms with Gasteiger partial charge in [0.25, 0.3) is 11.1 Å². The largest absolute Gasteiger partial charge is 0.496 e. The Kier molecular flexibility index (Phi) is 5.95. The number of rotatable bonds is 7. The SMILES string of the molecule is COc1ccccc1-c1nnc(S[C@@H](C)C(=O)c2cc(C)n(-c3ccccc3)c2C)o1. The highest BCUT2D eigenvalue weighted by atomic mass is 32.2. The van der Waals surface area contributed by atoms with E-state index in [0.29, 0.717) is 22.4 Å². The lowest BCUT2D eigenvalue weighted by Gasteiger charge is -2.11. The zero-order valence-electron chi connectivity index (χ0n) is 17.8. The average Bonchev–Trinajstić information content (AvgIpc) is 3.37. The van der Waals surface area contributed by atoms with Crippen LogP contribution in [-0.2, 0) is 0 Å². The van der Waals surface area contributed by atoms with Gasteiger partial charge in [-0.2, -0.15) is 0 Å². The first-order valence-electron chi connectivity index (χ1n) is 9.91. The molecule has 4 aromatic rings. The molecule has 0 aliphatic rings. The summed E-state index contributed by atoms with van der Waals surface area (Å²) in [7, 11) is 1.59. The van der Waals surface area contributed by atoms with Gasteiger partial charge in [-0.3, -0.25) is 4.79 Å². The fourth-order valence-electron chi connectivity index (χ4n) is 3.60. The molecule has 0 amide bonds. The van der Waals surface area contributed by atoms with E-state index in [1.807, 2.05) is 81.4 Å². The first-order chi connectivity index (χ1) is 15.0. The summed E-state index contributed by atoms with van der Waals surface area (Å²) in [5, 5.41) is 8.20. The van der Waals surface area contributed by atoms with Gasteiger partial charge in [0.15, 0.2) is 5.78 Å². The molecule has 7 heteroatoms. The molecule has 0 spiro atoms. The third kappa shape index (κ3) is 4.14. The number of nitrogens with zero attached hydrogens (tertiary/aromatic N) is 3. The maximum atomic E-state index is 13.2. The van der Waals surface area contributed by atoms with Gasteiger partial charge in [0.1, 0.15) is 5.75 Å². The zero-order valence-corrected chi connectivity index (χ0v) is 18.6. The van der Waals surface area contributed by atoms with Gasteiger partial charge in [-0.25, -0.2) is 0 Å². The average molecular weight is 434 g/mol. The highest BCUT2D eigenvalue weighted by Gasteiger charge is 2.24. The van der Waals surface area contributed by atoms with Gasteiger partial charge >= 0.3 is 0 Å². The molecular formula is C24H23N3O3S. The molecule has 6 nitrogen and oxygen atoms in total. The molecule has 0 fully saturated rings. The zero-order chi connectivity index (χ0) is 22.0. The van der Waals surface area contributed by atoms with Gasteiger partial charge in [-0.05, 0) is 51.1 Å². The number of aromatic nitrogens is 3. The smallest absolute Gasteiger partial charge is 0.277 e. The second-order valence-electron chi connectivity index (χ2n) is 7.15. The van der Waals surface area contributed by atoms with E-state index in [1.165, 1.54) is 11.8 Å². The van der Waals surface area contributed by atoms with Gasteiger partial charge in [-0.1, -0.05) is 42.1 Å². The fraction of sp³-hybridized carbons (Fsp3) is 0.208. The van der Waals surface area contributed by atoms with E-state index in [2.05, 4.69) is 14.8 Å². The Morgan fingerprint density at radius 1 is 1.06 bits per heavy atom. The van der Waals surface area contributed by atoms with Crippen LogP contribution >= 0.6 is 11.8 Å². The predicted octanol–water partition coefficient (Wildman–Crippen LogP) is 5.52. The number of hydrogen-bond donors (Lipinski definition) is 0. The van der Waals surface area contributed by atoms with Gasteiger partial charge in [0.2, 0.25) is 0 Å². The minimum absolute atomic E-state index is 0.0253. The molecular weight excluding hydrogens is 410 g/mol. The van der Waals surface area contributed by atoms with E-state index in [-0.39, 0.29) is 11.0 Å². The van der Waals surface area contributed by atoms with Crippen molar-refractivity contribution in [3.05, 3.63) is 77.6 Å². The fourth-order valence-corrected chi connectivity index (χ4v) is 4.35. The summed E-state index contributed by atoms with van der Waals surface area (Å²) < 4.78 is 13.3. The van der Waals surface area contributed by atoms with Crippen molar-refractivity contribution in [3.8, 4) is 22.9 Å². The van der Waals surface area contributed by atoms with Crippen LogP contribution in [0.15, 0.2) is 70.3 Å². The Labute approximate surface area is 185 Å². The van der Waals surface area contributed by atoms with Crippen LogP contribution in [-0.4, -0.2) is 32.9 Å². The molecule has 0 aliphatic carbocycles. The number of Topliss-reactive ketones (excluding diaryl/α,β-unsaturated/α-hetero) is 1. The molecule has 0 saturated heterocycles. The third-order valence-electron chi connectivity index (χ3n) is 5.10.